The molecule has 0 unspecified atom stereocenters. The van der Waals surface area contributed by atoms with Crippen molar-refractivity contribution in [3.05, 3.63) is 57.6 Å². The number of aryl methyl sites for hydroxylation is 3. The molecule has 1 aliphatic heterocycles. The van der Waals surface area contributed by atoms with Gasteiger partial charge < -0.3 is 0 Å². The second kappa shape index (κ2) is 9.01. The summed E-state index contributed by atoms with van der Waals surface area (Å²) in [4.78, 5) is 13.3. The lowest BCUT2D eigenvalue weighted by Crippen LogP contribution is -2.43. The minimum atomic E-state index is -3.81. The Balaban J connectivity index is 1.55. The second-order valence-electron chi connectivity index (χ2n) is 7.91. The van der Waals surface area contributed by atoms with E-state index in [1.807, 2.05) is 43.3 Å². The van der Waals surface area contributed by atoms with Gasteiger partial charge in [0.05, 0.1) is 4.90 Å². The number of amides is 1. The van der Waals surface area contributed by atoms with Gasteiger partial charge in [0.15, 0.2) is 0 Å². The van der Waals surface area contributed by atoms with Crippen molar-refractivity contribution in [2.24, 2.45) is 0 Å². The summed E-state index contributed by atoms with van der Waals surface area (Å²) in [6.45, 7) is 5.84. The number of hydrogen-bond donors (Lipinski definition) is 1. The molecule has 1 aromatic heterocycles. The number of nitrogens with zero attached hydrogens (tertiary/aromatic N) is 3. The first-order chi connectivity index (χ1) is 15.2. The zero-order valence-corrected chi connectivity index (χ0v) is 21.1. The maximum absolute atomic E-state index is 13.5. The van der Waals surface area contributed by atoms with Crippen molar-refractivity contribution in [3.63, 3.8) is 0 Å². The van der Waals surface area contributed by atoms with Gasteiger partial charge in [0.25, 0.3) is 0 Å². The number of aromatic nitrogens is 2. The van der Waals surface area contributed by atoms with Crippen molar-refractivity contribution in [3.8, 4) is 10.6 Å². The van der Waals surface area contributed by atoms with E-state index in [4.69, 9.17) is 0 Å². The van der Waals surface area contributed by atoms with Crippen LogP contribution in [0.15, 0.2) is 45.8 Å². The van der Waals surface area contributed by atoms with Crippen LogP contribution in [0.3, 0.4) is 0 Å². The number of sulfonamides is 1. The molecule has 0 saturated carbocycles. The summed E-state index contributed by atoms with van der Waals surface area (Å²) in [6.07, 6.45) is 1.09. The minimum absolute atomic E-state index is 0.288. The summed E-state index contributed by atoms with van der Waals surface area (Å²) >= 11 is 4.65. The van der Waals surface area contributed by atoms with Crippen LogP contribution in [-0.2, 0) is 14.8 Å². The summed E-state index contributed by atoms with van der Waals surface area (Å²) < 4.78 is 29.3. The summed E-state index contributed by atoms with van der Waals surface area (Å²) in [5.74, 6) is -0.382. The van der Waals surface area contributed by atoms with Crippen molar-refractivity contribution < 1.29 is 13.2 Å². The summed E-state index contributed by atoms with van der Waals surface area (Å²) in [6, 6.07) is 10.6. The molecule has 1 saturated heterocycles. The van der Waals surface area contributed by atoms with Gasteiger partial charge in [-0.15, -0.1) is 10.2 Å². The number of halogens is 1. The molecule has 3 aromatic rings. The molecule has 2 heterocycles. The molecule has 10 heteroatoms. The van der Waals surface area contributed by atoms with Gasteiger partial charge in [0.2, 0.25) is 21.1 Å². The maximum atomic E-state index is 13.5. The number of nitrogens with one attached hydrogen (secondary N) is 1. The van der Waals surface area contributed by atoms with E-state index >= 15 is 0 Å². The predicted molar refractivity (Wildman–Crippen MR) is 129 cm³/mol. The van der Waals surface area contributed by atoms with E-state index in [2.05, 4.69) is 31.4 Å². The highest BCUT2D eigenvalue weighted by atomic mass is 79.9. The zero-order valence-electron chi connectivity index (χ0n) is 17.9. The van der Waals surface area contributed by atoms with Crippen molar-refractivity contribution in [1.82, 2.24) is 14.5 Å². The number of carbonyl (C=O) groups is 1. The Morgan fingerprint density at radius 3 is 2.44 bits per heavy atom. The Labute approximate surface area is 200 Å². The Bertz CT molecular complexity index is 1250. The van der Waals surface area contributed by atoms with E-state index in [0.717, 1.165) is 15.6 Å². The lowest BCUT2D eigenvalue weighted by atomic mass is 10.1. The first-order valence-electron chi connectivity index (χ1n) is 10.2. The van der Waals surface area contributed by atoms with E-state index in [1.165, 1.54) is 15.6 Å². The Morgan fingerprint density at radius 1 is 1.12 bits per heavy atom. The smallest absolute Gasteiger partial charge is 0.244 e. The molecule has 1 fully saturated rings. The van der Waals surface area contributed by atoms with E-state index in [0.29, 0.717) is 40.7 Å². The summed E-state index contributed by atoms with van der Waals surface area (Å²) in [5, 5.41) is 12.0. The van der Waals surface area contributed by atoms with Crippen molar-refractivity contribution in [2.75, 3.05) is 11.9 Å². The third-order valence-electron chi connectivity index (χ3n) is 5.42. The standard InChI is InChI=1S/C22H23BrN4O3S2/c1-13-11-14(2)19(15(3)12-13)32(29,30)27-10-4-5-18(27)20(28)24-22-26-25-21(31-22)16-6-8-17(23)9-7-16/h6-9,11-12,18H,4-5,10H2,1-3H3,(H,24,26,28)/t18-/m1/s1. The van der Waals surface area contributed by atoms with Crippen LogP contribution in [0.25, 0.3) is 10.6 Å². The van der Waals surface area contributed by atoms with Crippen molar-refractivity contribution in [2.45, 2.75) is 44.6 Å². The van der Waals surface area contributed by atoms with Crippen molar-refractivity contribution in [1.29, 1.82) is 0 Å². The monoisotopic (exact) mass is 534 g/mol. The molecule has 0 spiro atoms. The number of benzene rings is 2. The zero-order chi connectivity index (χ0) is 23.0. The van der Waals surface area contributed by atoms with Crippen LogP contribution >= 0.6 is 27.3 Å². The van der Waals surface area contributed by atoms with Crippen LogP contribution in [0, 0.1) is 20.8 Å². The van der Waals surface area contributed by atoms with Gasteiger partial charge >= 0.3 is 0 Å². The van der Waals surface area contributed by atoms with Gasteiger partial charge in [0, 0.05) is 16.6 Å². The lowest BCUT2D eigenvalue weighted by Gasteiger charge is -2.25. The van der Waals surface area contributed by atoms with E-state index in [1.54, 1.807) is 13.8 Å². The van der Waals surface area contributed by atoms with Gasteiger partial charge in [-0.1, -0.05) is 57.1 Å². The normalized spacial score (nSPS) is 16.9. The van der Waals surface area contributed by atoms with E-state index in [-0.39, 0.29) is 10.8 Å². The van der Waals surface area contributed by atoms with Gasteiger partial charge in [-0.2, -0.15) is 4.31 Å². The summed E-state index contributed by atoms with van der Waals surface area (Å²) in [5.41, 5.74) is 3.28. The quantitative estimate of drug-likeness (QED) is 0.512. The molecule has 1 aliphatic rings. The van der Waals surface area contributed by atoms with Crippen LogP contribution in [0.4, 0.5) is 5.13 Å². The molecule has 32 heavy (non-hydrogen) atoms. The van der Waals surface area contributed by atoms with Gasteiger partial charge in [-0.05, 0) is 56.9 Å². The van der Waals surface area contributed by atoms with Gasteiger partial charge in [0.1, 0.15) is 11.0 Å². The molecule has 7 nitrogen and oxygen atoms in total. The molecule has 4 rings (SSSR count). The SMILES string of the molecule is Cc1cc(C)c(S(=O)(=O)N2CCC[C@@H]2C(=O)Nc2nnc(-c3ccc(Br)cc3)s2)c(C)c1. The molecule has 1 amide bonds. The first kappa shape index (κ1) is 23.0. The lowest BCUT2D eigenvalue weighted by molar-refractivity contribution is -0.119. The predicted octanol–water partition coefficient (Wildman–Crippen LogP) is 4.68. The largest absolute Gasteiger partial charge is 0.299 e. The molecule has 0 aliphatic carbocycles. The molecule has 0 bridgehead atoms. The van der Waals surface area contributed by atoms with E-state index in [9.17, 15) is 13.2 Å². The van der Waals surface area contributed by atoms with Gasteiger partial charge in [-0.25, -0.2) is 8.42 Å². The average Bonchev–Trinajstić information content (AvgIpc) is 3.37. The number of rotatable bonds is 5. The molecule has 2 aromatic carbocycles. The van der Waals surface area contributed by atoms with Crippen molar-refractivity contribution >= 4 is 48.3 Å². The Hall–Kier alpha value is -2.14. The fraction of sp³-hybridized carbons (Fsp3) is 0.318. The highest BCUT2D eigenvalue weighted by Gasteiger charge is 2.40. The molecule has 0 radical (unpaired) electrons. The first-order valence-corrected chi connectivity index (χ1v) is 13.2. The Morgan fingerprint density at radius 2 is 1.78 bits per heavy atom. The van der Waals surface area contributed by atoms with Crippen LogP contribution in [0.2, 0.25) is 0 Å². The summed E-state index contributed by atoms with van der Waals surface area (Å²) in [7, 11) is -3.81. The van der Waals surface area contributed by atoms with Crippen LogP contribution in [-0.4, -0.2) is 41.4 Å². The molecular formula is C22H23BrN4O3S2. The molecular weight excluding hydrogens is 512 g/mol. The fourth-order valence-corrected chi connectivity index (χ4v) is 7.24. The third kappa shape index (κ3) is 4.50. The highest BCUT2D eigenvalue weighted by Crippen LogP contribution is 2.32. The third-order valence-corrected chi connectivity index (χ3v) is 9.05. The van der Waals surface area contributed by atoms with Crippen LogP contribution in [0.5, 0.6) is 0 Å². The fourth-order valence-electron chi connectivity index (χ4n) is 4.15. The topological polar surface area (TPSA) is 92.3 Å². The molecule has 1 atom stereocenters. The van der Waals surface area contributed by atoms with Crippen LogP contribution < -0.4 is 5.32 Å². The highest BCUT2D eigenvalue weighted by molar-refractivity contribution is 9.10. The average molecular weight is 535 g/mol. The molecule has 168 valence electrons. The second-order valence-corrected chi connectivity index (χ2v) is 11.6. The number of anilines is 1. The van der Waals surface area contributed by atoms with E-state index < -0.39 is 16.1 Å². The molecule has 1 N–H and O–H groups in total. The maximum Gasteiger partial charge on any atom is 0.244 e. The number of carbonyl (C=O) groups excluding carboxylic acids is 1. The number of hydrogen-bond acceptors (Lipinski definition) is 6. The van der Waals surface area contributed by atoms with Crippen LogP contribution in [0.1, 0.15) is 29.5 Å². The minimum Gasteiger partial charge on any atom is -0.299 e. The Kier molecular flexibility index (Phi) is 6.49. The van der Waals surface area contributed by atoms with Gasteiger partial charge in [-0.3, -0.25) is 10.1 Å².